The van der Waals surface area contributed by atoms with E-state index in [-0.39, 0.29) is 24.8 Å². The number of hydrogen-bond acceptors (Lipinski definition) is 4. The minimum Gasteiger partial charge on any atom is -0.493 e. The van der Waals surface area contributed by atoms with E-state index in [0.717, 1.165) is 53.2 Å². The van der Waals surface area contributed by atoms with E-state index in [9.17, 15) is 0 Å². The van der Waals surface area contributed by atoms with Crippen LogP contribution in [0, 0.1) is 0 Å². The second kappa shape index (κ2) is 19.3. The minimum absolute atomic E-state index is 0. The van der Waals surface area contributed by atoms with Crippen LogP contribution in [0.25, 0.3) is 0 Å². The smallest absolute Gasteiger partial charge is 0.166 e. The van der Waals surface area contributed by atoms with E-state index in [2.05, 4.69) is 58.2 Å². The maximum Gasteiger partial charge on any atom is 0.166 e. The highest BCUT2D eigenvalue weighted by Gasteiger charge is 2.13. The first-order valence-electron chi connectivity index (χ1n) is 11.6. The summed E-state index contributed by atoms with van der Waals surface area (Å²) in [7, 11) is 1.69. The van der Waals surface area contributed by atoms with E-state index in [1.807, 2.05) is 24.3 Å². The predicted molar refractivity (Wildman–Crippen MR) is 149 cm³/mol. The van der Waals surface area contributed by atoms with Crippen molar-refractivity contribution in [2.24, 2.45) is 0 Å². The molecule has 0 aliphatic heterocycles. The van der Waals surface area contributed by atoms with Gasteiger partial charge in [-0.3, -0.25) is 0 Å². The van der Waals surface area contributed by atoms with Gasteiger partial charge in [0.05, 0.1) is 7.11 Å². The van der Waals surface area contributed by atoms with E-state index in [4.69, 9.17) is 9.47 Å². The standard InChI is InChI=1S/C26H39BrN2O2.2ClH/c1-4-6-15-29(16-7-5-2)17-11-14-28-20-23-18-24(27)19-25(30-3)26(23)31-21-22-12-9-8-10-13-22;;/h8-10,12-13,18-19,28H,4-7,11,14-17,20-21H2,1-3H3;2*1H. The molecule has 0 saturated carbocycles. The average Bonchev–Trinajstić information content (AvgIpc) is 2.79. The van der Waals surface area contributed by atoms with Crippen LogP contribution in [0.2, 0.25) is 0 Å². The first-order valence-corrected chi connectivity index (χ1v) is 12.4. The fraction of sp³-hybridized carbons (Fsp3) is 0.538. The first-order chi connectivity index (χ1) is 15.2. The van der Waals surface area contributed by atoms with Crippen LogP contribution in [-0.2, 0) is 13.2 Å². The number of benzene rings is 2. The Kier molecular flexibility index (Phi) is 18.8. The Morgan fingerprint density at radius 2 is 1.55 bits per heavy atom. The Morgan fingerprint density at radius 1 is 0.909 bits per heavy atom. The third-order valence-corrected chi connectivity index (χ3v) is 5.80. The van der Waals surface area contributed by atoms with E-state index in [0.29, 0.717) is 6.61 Å². The molecule has 0 aromatic heterocycles. The Bertz CT molecular complexity index is 743. The minimum atomic E-state index is 0. The van der Waals surface area contributed by atoms with Crippen LogP contribution >= 0.6 is 40.7 Å². The molecule has 4 nitrogen and oxygen atoms in total. The number of halogens is 3. The molecule has 33 heavy (non-hydrogen) atoms. The molecule has 0 spiro atoms. The summed E-state index contributed by atoms with van der Waals surface area (Å²) in [5, 5.41) is 3.60. The summed E-state index contributed by atoms with van der Waals surface area (Å²) in [5.74, 6) is 1.57. The Morgan fingerprint density at radius 3 is 2.15 bits per heavy atom. The number of hydrogen-bond donors (Lipinski definition) is 1. The number of nitrogens with zero attached hydrogens (tertiary/aromatic N) is 1. The molecule has 0 radical (unpaired) electrons. The summed E-state index contributed by atoms with van der Waals surface area (Å²) >= 11 is 3.60. The molecule has 0 atom stereocenters. The Hall–Kier alpha value is -0.980. The van der Waals surface area contributed by atoms with E-state index < -0.39 is 0 Å². The van der Waals surface area contributed by atoms with Crippen molar-refractivity contribution in [2.45, 2.75) is 59.1 Å². The molecule has 0 aliphatic rings. The van der Waals surface area contributed by atoms with Crippen LogP contribution in [-0.4, -0.2) is 38.2 Å². The number of rotatable bonds is 16. The van der Waals surface area contributed by atoms with Gasteiger partial charge in [-0.15, -0.1) is 24.8 Å². The SMILES string of the molecule is CCCCN(CCCC)CCCNCc1cc(Br)cc(OC)c1OCc1ccccc1.Cl.Cl. The van der Waals surface area contributed by atoms with Gasteiger partial charge in [-0.05, 0) is 63.1 Å². The van der Waals surface area contributed by atoms with E-state index >= 15 is 0 Å². The third-order valence-electron chi connectivity index (χ3n) is 5.34. The van der Waals surface area contributed by atoms with Gasteiger partial charge in [0.25, 0.3) is 0 Å². The molecule has 0 fully saturated rings. The van der Waals surface area contributed by atoms with Gasteiger partial charge in [0.15, 0.2) is 11.5 Å². The molecule has 0 unspecified atom stereocenters. The van der Waals surface area contributed by atoms with Crippen molar-refractivity contribution in [3.63, 3.8) is 0 Å². The van der Waals surface area contributed by atoms with Crippen molar-refractivity contribution in [1.29, 1.82) is 0 Å². The second-order valence-electron chi connectivity index (χ2n) is 7.95. The zero-order chi connectivity index (χ0) is 22.3. The predicted octanol–water partition coefficient (Wildman–Crippen LogP) is 7.26. The Balaban J connectivity index is 0.00000512. The van der Waals surface area contributed by atoms with Crippen LogP contribution in [0.15, 0.2) is 46.9 Å². The molecule has 0 heterocycles. The van der Waals surface area contributed by atoms with Gasteiger partial charge < -0.3 is 19.7 Å². The fourth-order valence-electron chi connectivity index (χ4n) is 3.55. The number of nitrogens with one attached hydrogen (secondary N) is 1. The number of unbranched alkanes of at least 4 members (excludes halogenated alkanes) is 2. The molecular weight excluding hydrogens is 523 g/mol. The van der Waals surface area contributed by atoms with Crippen LogP contribution in [0.5, 0.6) is 11.5 Å². The highest BCUT2D eigenvalue weighted by atomic mass is 79.9. The van der Waals surface area contributed by atoms with Crippen LogP contribution in [0.1, 0.15) is 57.1 Å². The molecule has 7 heteroatoms. The summed E-state index contributed by atoms with van der Waals surface area (Å²) < 4.78 is 12.8. The number of ether oxygens (including phenoxy) is 2. The van der Waals surface area contributed by atoms with Crippen LogP contribution < -0.4 is 14.8 Å². The van der Waals surface area contributed by atoms with Gasteiger partial charge in [-0.1, -0.05) is 73.0 Å². The number of methoxy groups -OCH3 is 1. The summed E-state index contributed by atoms with van der Waals surface area (Å²) in [6.45, 7) is 10.4. The van der Waals surface area contributed by atoms with Gasteiger partial charge in [0, 0.05) is 16.6 Å². The molecule has 2 aromatic rings. The topological polar surface area (TPSA) is 33.7 Å². The normalized spacial score (nSPS) is 10.5. The fourth-order valence-corrected chi connectivity index (χ4v) is 4.03. The van der Waals surface area contributed by atoms with Crippen molar-refractivity contribution >= 4 is 40.7 Å². The largest absolute Gasteiger partial charge is 0.493 e. The van der Waals surface area contributed by atoms with E-state index in [1.54, 1.807) is 7.11 Å². The highest BCUT2D eigenvalue weighted by molar-refractivity contribution is 9.10. The lowest BCUT2D eigenvalue weighted by molar-refractivity contribution is 0.260. The third kappa shape index (κ3) is 12.3. The molecular formula is C26H41BrCl2N2O2. The van der Waals surface area contributed by atoms with Crippen molar-refractivity contribution in [3.05, 3.63) is 58.1 Å². The quantitative estimate of drug-likeness (QED) is 0.218. The lowest BCUT2D eigenvalue weighted by Crippen LogP contribution is -2.29. The first kappa shape index (κ1) is 32.0. The molecule has 1 N–H and O–H groups in total. The van der Waals surface area contributed by atoms with Gasteiger partial charge >= 0.3 is 0 Å². The van der Waals surface area contributed by atoms with Crippen molar-refractivity contribution in [3.8, 4) is 11.5 Å². The monoisotopic (exact) mass is 562 g/mol. The molecule has 0 saturated heterocycles. The molecule has 2 aromatic carbocycles. The Labute approximate surface area is 221 Å². The summed E-state index contributed by atoms with van der Waals surface area (Å²) in [6.07, 6.45) is 6.25. The maximum atomic E-state index is 6.19. The van der Waals surface area contributed by atoms with Gasteiger partial charge in [-0.2, -0.15) is 0 Å². The highest BCUT2D eigenvalue weighted by Crippen LogP contribution is 2.35. The van der Waals surface area contributed by atoms with Crippen LogP contribution in [0.3, 0.4) is 0 Å². The van der Waals surface area contributed by atoms with Gasteiger partial charge in [0.1, 0.15) is 6.61 Å². The van der Waals surface area contributed by atoms with Gasteiger partial charge in [0.2, 0.25) is 0 Å². The van der Waals surface area contributed by atoms with Crippen molar-refractivity contribution in [2.75, 3.05) is 33.3 Å². The molecule has 2 rings (SSSR count). The summed E-state index contributed by atoms with van der Waals surface area (Å²) in [6, 6.07) is 14.3. The van der Waals surface area contributed by atoms with Crippen LogP contribution in [0.4, 0.5) is 0 Å². The maximum absolute atomic E-state index is 6.19. The summed E-state index contributed by atoms with van der Waals surface area (Å²) in [5.41, 5.74) is 2.25. The van der Waals surface area contributed by atoms with Crippen molar-refractivity contribution in [1.82, 2.24) is 10.2 Å². The lowest BCUT2D eigenvalue weighted by atomic mass is 10.1. The average molecular weight is 564 g/mol. The molecule has 0 aliphatic carbocycles. The van der Waals surface area contributed by atoms with Gasteiger partial charge in [-0.25, -0.2) is 0 Å². The lowest BCUT2D eigenvalue weighted by Gasteiger charge is -2.22. The van der Waals surface area contributed by atoms with Crippen molar-refractivity contribution < 1.29 is 9.47 Å². The summed E-state index contributed by atoms with van der Waals surface area (Å²) in [4.78, 5) is 2.62. The molecule has 0 amide bonds. The molecule has 0 bridgehead atoms. The zero-order valence-electron chi connectivity index (χ0n) is 20.3. The molecule has 188 valence electrons. The second-order valence-corrected chi connectivity index (χ2v) is 8.87. The van der Waals surface area contributed by atoms with E-state index in [1.165, 1.54) is 38.8 Å². The zero-order valence-corrected chi connectivity index (χ0v) is 23.5.